The standard InChI is InChI=1S/C8H9F3N4O/c9-8(10,11)6(16)12-4-5-15-7-13-2-1-3-14-7/h1-3H,4-5H2,(H,12,16)(H,13,14,15). The van der Waals surface area contributed by atoms with Gasteiger partial charge in [0.2, 0.25) is 5.95 Å². The molecule has 8 heteroatoms. The molecule has 5 nitrogen and oxygen atoms in total. The zero-order valence-corrected chi connectivity index (χ0v) is 8.08. The average molecular weight is 234 g/mol. The van der Waals surface area contributed by atoms with Gasteiger partial charge in [-0.1, -0.05) is 0 Å². The van der Waals surface area contributed by atoms with E-state index in [0.717, 1.165) is 0 Å². The van der Waals surface area contributed by atoms with E-state index in [-0.39, 0.29) is 13.1 Å². The van der Waals surface area contributed by atoms with Crippen molar-refractivity contribution in [1.82, 2.24) is 15.3 Å². The van der Waals surface area contributed by atoms with Gasteiger partial charge in [-0.25, -0.2) is 9.97 Å². The molecule has 16 heavy (non-hydrogen) atoms. The van der Waals surface area contributed by atoms with Crippen LogP contribution in [0.15, 0.2) is 18.5 Å². The van der Waals surface area contributed by atoms with E-state index in [1.807, 2.05) is 0 Å². The lowest BCUT2D eigenvalue weighted by Gasteiger charge is -2.08. The molecule has 0 spiro atoms. The minimum absolute atomic E-state index is 0.117. The molecule has 0 aliphatic rings. The zero-order valence-electron chi connectivity index (χ0n) is 8.08. The predicted octanol–water partition coefficient (Wildman–Crippen LogP) is 0.567. The number of hydrogen-bond acceptors (Lipinski definition) is 4. The Morgan fingerprint density at radius 3 is 2.44 bits per heavy atom. The maximum absolute atomic E-state index is 11.7. The summed E-state index contributed by atoms with van der Waals surface area (Å²) in [6.45, 7) is -0.0393. The van der Waals surface area contributed by atoms with Crippen LogP contribution in [0, 0.1) is 0 Å². The molecule has 0 saturated heterocycles. The van der Waals surface area contributed by atoms with Gasteiger partial charge in [0.15, 0.2) is 0 Å². The number of carbonyl (C=O) groups excluding carboxylic acids is 1. The Balaban J connectivity index is 2.20. The van der Waals surface area contributed by atoms with Crippen LogP contribution in [0.25, 0.3) is 0 Å². The smallest absolute Gasteiger partial charge is 0.352 e. The second-order valence-electron chi connectivity index (χ2n) is 2.75. The van der Waals surface area contributed by atoms with Gasteiger partial charge in [0.05, 0.1) is 0 Å². The summed E-state index contributed by atoms with van der Waals surface area (Å²) in [6, 6.07) is 1.61. The van der Waals surface area contributed by atoms with E-state index >= 15 is 0 Å². The van der Waals surface area contributed by atoms with Gasteiger partial charge in [-0.15, -0.1) is 0 Å². The van der Waals surface area contributed by atoms with Crippen LogP contribution in [-0.4, -0.2) is 35.1 Å². The molecule has 88 valence electrons. The van der Waals surface area contributed by atoms with E-state index in [0.29, 0.717) is 5.95 Å². The van der Waals surface area contributed by atoms with Crippen LogP contribution in [-0.2, 0) is 4.79 Å². The lowest BCUT2D eigenvalue weighted by atomic mass is 10.5. The van der Waals surface area contributed by atoms with Crippen molar-refractivity contribution in [3.8, 4) is 0 Å². The first-order valence-corrected chi connectivity index (χ1v) is 4.36. The summed E-state index contributed by atoms with van der Waals surface area (Å²) in [6.07, 6.45) is -1.86. The fourth-order valence-corrected chi connectivity index (χ4v) is 0.841. The maximum atomic E-state index is 11.7. The van der Waals surface area contributed by atoms with Crippen molar-refractivity contribution >= 4 is 11.9 Å². The second kappa shape index (κ2) is 5.29. The highest BCUT2D eigenvalue weighted by molar-refractivity contribution is 5.81. The average Bonchev–Trinajstić information content (AvgIpc) is 2.24. The quantitative estimate of drug-likeness (QED) is 0.747. The highest BCUT2D eigenvalue weighted by Crippen LogP contribution is 2.13. The molecule has 0 fully saturated rings. The molecular weight excluding hydrogens is 225 g/mol. The molecule has 0 atom stereocenters. The van der Waals surface area contributed by atoms with Gasteiger partial charge in [0.25, 0.3) is 0 Å². The Labute approximate surface area is 89.1 Å². The third kappa shape index (κ3) is 4.11. The maximum Gasteiger partial charge on any atom is 0.471 e. The van der Waals surface area contributed by atoms with E-state index < -0.39 is 12.1 Å². The van der Waals surface area contributed by atoms with Crippen molar-refractivity contribution in [3.63, 3.8) is 0 Å². The molecule has 2 N–H and O–H groups in total. The summed E-state index contributed by atoms with van der Waals surface area (Å²) >= 11 is 0. The van der Waals surface area contributed by atoms with Crippen molar-refractivity contribution in [1.29, 1.82) is 0 Å². The number of hydrogen-bond donors (Lipinski definition) is 2. The monoisotopic (exact) mass is 234 g/mol. The topological polar surface area (TPSA) is 66.9 Å². The van der Waals surface area contributed by atoms with E-state index in [9.17, 15) is 18.0 Å². The number of nitrogens with one attached hydrogen (secondary N) is 2. The minimum atomic E-state index is -4.84. The molecule has 0 bridgehead atoms. The number of aromatic nitrogens is 2. The summed E-state index contributed by atoms with van der Waals surface area (Å²) < 4.78 is 35.2. The third-order valence-electron chi connectivity index (χ3n) is 1.52. The highest BCUT2D eigenvalue weighted by atomic mass is 19.4. The Morgan fingerprint density at radius 1 is 1.25 bits per heavy atom. The Bertz CT molecular complexity index is 341. The fraction of sp³-hybridized carbons (Fsp3) is 0.375. The number of anilines is 1. The lowest BCUT2D eigenvalue weighted by Crippen LogP contribution is -2.39. The third-order valence-corrected chi connectivity index (χ3v) is 1.52. The van der Waals surface area contributed by atoms with Crippen LogP contribution in [0.1, 0.15) is 0 Å². The van der Waals surface area contributed by atoms with Gasteiger partial charge in [0, 0.05) is 25.5 Å². The number of carbonyl (C=O) groups is 1. The summed E-state index contributed by atoms with van der Waals surface area (Å²) in [4.78, 5) is 18.0. The van der Waals surface area contributed by atoms with Crippen molar-refractivity contribution in [2.45, 2.75) is 6.18 Å². The van der Waals surface area contributed by atoms with Gasteiger partial charge >= 0.3 is 12.1 Å². The van der Waals surface area contributed by atoms with E-state index in [4.69, 9.17) is 0 Å². The van der Waals surface area contributed by atoms with Crippen molar-refractivity contribution in [3.05, 3.63) is 18.5 Å². The molecule has 0 aliphatic carbocycles. The molecule has 1 aromatic heterocycles. The number of rotatable bonds is 4. The second-order valence-corrected chi connectivity index (χ2v) is 2.75. The summed E-state index contributed by atoms with van der Waals surface area (Å²) in [5.74, 6) is -1.66. The Kier molecular flexibility index (Phi) is 4.03. The largest absolute Gasteiger partial charge is 0.471 e. The van der Waals surface area contributed by atoms with Crippen LogP contribution >= 0.6 is 0 Å². The van der Waals surface area contributed by atoms with Crippen molar-refractivity contribution < 1.29 is 18.0 Å². The number of alkyl halides is 3. The molecule has 1 heterocycles. The molecule has 0 radical (unpaired) electrons. The van der Waals surface area contributed by atoms with Gasteiger partial charge in [-0.05, 0) is 6.07 Å². The molecule has 0 aromatic carbocycles. The summed E-state index contributed by atoms with van der Waals surface area (Å²) in [7, 11) is 0. The van der Waals surface area contributed by atoms with Crippen LogP contribution in [0.2, 0.25) is 0 Å². The van der Waals surface area contributed by atoms with Gasteiger partial charge in [-0.3, -0.25) is 4.79 Å². The van der Waals surface area contributed by atoms with Crippen LogP contribution < -0.4 is 10.6 Å². The van der Waals surface area contributed by atoms with Crippen LogP contribution in [0.5, 0.6) is 0 Å². The van der Waals surface area contributed by atoms with Crippen molar-refractivity contribution in [2.24, 2.45) is 0 Å². The number of amides is 1. The van der Waals surface area contributed by atoms with E-state index in [2.05, 4.69) is 15.3 Å². The first-order chi connectivity index (χ1) is 7.50. The number of nitrogens with zero attached hydrogens (tertiary/aromatic N) is 2. The summed E-state index contributed by atoms with van der Waals surface area (Å²) in [5.41, 5.74) is 0. The van der Waals surface area contributed by atoms with E-state index in [1.165, 1.54) is 12.4 Å². The zero-order chi connectivity index (χ0) is 12.0. The van der Waals surface area contributed by atoms with Gasteiger partial charge in [0.1, 0.15) is 0 Å². The summed E-state index contributed by atoms with van der Waals surface area (Å²) in [5, 5.41) is 4.36. The lowest BCUT2D eigenvalue weighted by molar-refractivity contribution is -0.173. The fourth-order valence-electron chi connectivity index (χ4n) is 0.841. The normalized spacial score (nSPS) is 10.9. The first kappa shape index (κ1) is 12.2. The molecule has 1 amide bonds. The first-order valence-electron chi connectivity index (χ1n) is 4.36. The van der Waals surface area contributed by atoms with E-state index in [1.54, 1.807) is 11.4 Å². The molecule has 0 saturated carbocycles. The minimum Gasteiger partial charge on any atom is -0.352 e. The Hall–Kier alpha value is -1.86. The predicted molar refractivity (Wildman–Crippen MR) is 49.6 cm³/mol. The van der Waals surface area contributed by atoms with Gasteiger partial charge in [-0.2, -0.15) is 13.2 Å². The van der Waals surface area contributed by atoms with Crippen LogP contribution in [0.3, 0.4) is 0 Å². The van der Waals surface area contributed by atoms with Gasteiger partial charge < -0.3 is 10.6 Å². The molecule has 1 rings (SSSR count). The highest BCUT2D eigenvalue weighted by Gasteiger charge is 2.38. The SMILES string of the molecule is O=C(NCCNc1ncccn1)C(F)(F)F. The molecule has 0 aliphatic heterocycles. The molecule has 1 aromatic rings. The molecule has 0 unspecified atom stereocenters. The number of halogens is 3. The molecular formula is C8H9F3N4O. The van der Waals surface area contributed by atoms with Crippen molar-refractivity contribution in [2.75, 3.05) is 18.4 Å². The van der Waals surface area contributed by atoms with Crippen LogP contribution in [0.4, 0.5) is 19.1 Å². The Morgan fingerprint density at radius 2 is 1.88 bits per heavy atom.